The number of rotatable bonds is 1. The smallest absolute Gasteiger partial charge is 0.246 e. The first-order chi connectivity index (χ1) is 6.00. The van der Waals surface area contributed by atoms with E-state index < -0.39 is 16.6 Å². The predicted octanol–water partition coefficient (Wildman–Crippen LogP) is 0.397. The van der Waals surface area contributed by atoms with Crippen LogP contribution in [0, 0.1) is 10.1 Å². The highest BCUT2D eigenvalue weighted by Crippen LogP contribution is 2.27. The third-order valence-corrected chi connectivity index (χ3v) is 2.50. The molecule has 1 aliphatic carbocycles. The lowest BCUT2D eigenvalue weighted by molar-refractivity contribution is -0.541. The van der Waals surface area contributed by atoms with Crippen LogP contribution in [0.4, 0.5) is 0 Å². The number of hydrogen-bond donors (Lipinski definition) is 2. The molecule has 6 nitrogen and oxygen atoms in total. The van der Waals surface area contributed by atoms with Gasteiger partial charge in [0.1, 0.15) is 0 Å². The van der Waals surface area contributed by atoms with Gasteiger partial charge in [-0.05, 0) is 19.8 Å². The molecule has 0 amide bonds. The van der Waals surface area contributed by atoms with Crippen molar-refractivity contribution in [3.05, 3.63) is 10.1 Å². The first-order valence-electron chi connectivity index (χ1n) is 4.07. The van der Waals surface area contributed by atoms with Crippen LogP contribution in [0.15, 0.2) is 5.16 Å². The SMILES string of the molecule is C[C@]1(O)/C(=N/O)CCC[C@H]1[N+](=O)[O-]. The number of nitro groups is 1. The van der Waals surface area contributed by atoms with Gasteiger partial charge in [0, 0.05) is 11.3 Å². The van der Waals surface area contributed by atoms with E-state index in [0.29, 0.717) is 19.3 Å². The Morgan fingerprint density at radius 3 is 2.85 bits per heavy atom. The van der Waals surface area contributed by atoms with Crippen LogP contribution in [0.5, 0.6) is 0 Å². The average Bonchev–Trinajstić information content (AvgIpc) is 2.02. The minimum Gasteiger partial charge on any atom is -0.411 e. The van der Waals surface area contributed by atoms with Crippen LogP contribution in [-0.2, 0) is 0 Å². The van der Waals surface area contributed by atoms with Gasteiger partial charge in [-0.15, -0.1) is 0 Å². The normalized spacial score (nSPS) is 37.7. The van der Waals surface area contributed by atoms with Crippen molar-refractivity contribution in [2.24, 2.45) is 5.16 Å². The Labute approximate surface area is 75.0 Å². The van der Waals surface area contributed by atoms with Gasteiger partial charge < -0.3 is 10.3 Å². The van der Waals surface area contributed by atoms with Gasteiger partial charge in [-0.2, -0.15) is 0 Å². The van der Waals surface area contributed by atoms with E-state index in [1.807, 2.05) is 0 Å². The second kappa shape index (κ2) is 3.29. The summed E-state index contributed by atoms with van der Waals surface area (Å²) in [5.41, 5.74) is -1.52. The van der Waals surface area contributed by atoms with E-state index in [9.17, 15) is 15.2 Å². The summed E-state index contributed by atoms with van der Waals surface area (Å²) < 4.78 is 0. The Kier molecular flexibility index (Phi) is 2.51. The van der Waals surface area contributed by atoms with Gasteiger partial charge in [0.05, 0.1) is 5.71 Å². The molecule has 0 saturated heterocycles. The van der Waals surface area contributed by atoms with E-state index in [1.54, 1.807) is 0 Å². The predicted molar refractivity (Wildman–Crippen MR) is 44.5 cm³/mol. The Morgan fingerprint density at radius 1 is 1.77 bits per heavy atom. The Balaban J connectivity index is 2.94. The fourth-order valence-electron chi connectivity index (χ4n) is 1.65. The fourth-order valence-corrected chi connectivity index (χ4v) is 1.65. The zero-order chi connectivity index (χ0) is 10.1. The first-order valence-corrected chi connectivity index (χ1v) is 4.07. The Hall–Kier alpha value is -1.17. The van der Waals surface area contributed by atoms with Crippen LogP contribution in [0.2, 0.25) is 0 Å². The maximum absolute atomic E-state index is 10.5. The Morgan fingerprint density at radius 2 is 2.38 bits per heavy atom. The second-order valence-corrected chi connectivity index (χ2v) is 3.39. The summed E-state index contributed by atoms with van der Waals surface area (Å²) in [5.74, 6) is 0. The van der Waals surface area contributed by atoms with Crippen molar-refractivity contribution in [3.63, 3.8) is 0 Å². The molecule has 74 valence electrons. The lowest BCUT2D eigenvalue weighted by atomic mass is 9.80. The highest BCUT2D eigenvalue weighted by molar-refractivity contribution is 5.92. The highest BCUT2D eigenvalue weighted by Gasteiger charge is 2.48. The summed E-state index contributed by atoms with van der Waals surface area (Å²) in [6.45, 7) is 1.31. The van der Waals surface area contributed by atoms with E-state index in [2.05, 4.69) is 5.16 Å². The molecule has 13 heavy (non-hydrogen) atoms. The summed E-state index contributed by atoms with van der Waals surface area (Å²) in [6, 6.07) is -1.06. The van der Waals surface area contributed by atoms with Crippen molar-refractivity contribution in [1.82, 2.24) is 0 Å². The minimum atomic E-state index is -1.61. The molecule has 0 heterocycles. The van der Waals surface area contributed by atoms with Crippen molar-refractivity contribution in [1.29, 1.82) is 0 Å². The molecule has 0 radical (unpaired) electrons. The van der Waals surface area contributed by atoms with Crippen molar-refractivity contribution in [2.75, 3.05) is 0 Å². The summed E-state index contributed by atoms with van der Waals surface area (Å²) in [7, 11) is 0. The van der Waals surface area contributed by atoms with Crippen molar-refractivity contribution in [2.45, 2.75) is 37.8 Å². The van der Waals surface area contributed by atoms with E-state index in [1.165, 1.54) is 6.92 Å². The van der Waals surface area contributed by atoms with E-state index >= 15 is 0 Å². The molecular weight excluding hydrogens is 176 g/mol. The van der Waals surface area contributed by atoms with Gasteiger partial charge in [0.2, 0.25) is 6.04 Å². The van der Waals surface area contributed by atoms with Gasteiger partial charge in [-0.3, -0.25) is 10.1 Å². The zero-order valence-corrected chi connectivity index (χ0v) is 7.30. The van der Waals surface area contributed by atoms with Gasteiger partial charge in [-0.25, -0.2) is 0 Å². The Bertz CT molecular complexity index is 249. The maximum atomic E-state index is 10.5. The van der Waals surface area contributed by atoms with Crippen LogP contribution in [0.25, 0.3) is 0 Å². The molecular formula is C7H12N2O4. The molecule has 2 atom stereocenters. The summed E-state index contributed by atoms with van der Waals surface area (Å²) >= 11 is 0. The summed E-state index contributed by atoms with van der Waals surface area (Å²) in [4.78, 5) is 10.0. The van der Waals surface area contributed by atoms with Gasteiger partial charge in [0.15, 0.2) is 5.60 Å². The van der Waals surface area contributed by atoms with Crippen LogP contribution >= 0.6 is 0 Å². The molecule has 1 aliphatic rings. The molecule has 0 aromatic carbocycles. The van der Waals surface area contributed by atoms with E-state index in [-0.39, 0.29) is 5.71 Å². The van der Waals surface area contributed by atoms with E-state index in [4.69, 9.17) is 5.21 Å². The topological polar surface area (TPSA) is 96.0 Å². The molecule has 0 bridgehead atoms. The highest BCUT2D eigenvalue weighted by atomic mass is 16.6. The zero-order valence-electron chi connectivity index (χ0n) is 7.30. The molecule has 0 aliphatic heterocycles. The molecule has 0 spiro atoms. The first kappa shape index (κ1) is 9.91. The fraction of sp³-hybridized carbons (Fsp3) is 0.857. The number of hydrogen-bond acceptors (Lipinski definition) is 5. The van der Waals surface area contributed by atoms with Crippen LogP contribution < -0.4 is 0 Å². The molecule has 6 heteroatoms. The minimum absolute atomic E-state index is 0.0976. The number of oxime groups is 1. The lowest BCUT2D eigenvalue weighted by Gasteiger charge is -2.31. The van der Waals surface area contributed by atoms with Crippen LogP contribution in [-0.4, -0.2) is 32.6 Å². The molecule has 0 unspecified atom stereocenters. The average molecular weight is 188 g/mol. The second-order valence-electron chi connectivity index (χ2n) is 3.39. The molecule has 1 rings (SSSR count). The van der Waals surface area contributed by atoms with Crippen LogP contribution in [0.1, 0.15) is 26.2 Å². The molecule has 1 saturated carbocycles. The summed E-state index contributed by atoms with van der Waals surface area (Å²) in [6.07, 6.45) is 1.30. The van der Waals surface area contributed by atoms with Crippen LogP contribution in [0.3, 0.4) is 0 Å². The maximum Gasteiger partial charge on any atom is 0.246 e. The molecule has 1 fully saturated rings. The van der Waals surface area contributed by atoms with Crippen molar-refractivity contribution in [3.8, 4) is 0 Å². The standard InChI is InChI=1S/C7H12N2O4/c1-7(10)5(8-11)3-2-4-6(7)9(12)13/h6,10-11H,2-4H2,1H3/b8-5+/t6-,7+/m1/s1. The number of nitrogens with zero attached hydrogens (tertiary/aromatic N) is 2. The largest absolute Gasteiger partial charge is 0.411 e. The van der Waals surface area contributed by atoms with Gasteiger partial charge in [-0.1, -0.05) is 5.16 Å². The van der Waals surface area contributed by atoms with Crippen molar-refractivity contribution < 1.29 is 15.2 Å². The third kappa shape index (κ3) is 1.62. The molecule has 0 aromatic heterocycles. The quantitative estimate of drug-likeness (QED) is 0.353. The monoisotopic (exact) mass is 188 g/mol. The summed E-state index contributed by atoms with van der Waals surface area (Å²) in [5, 5.41) is 31.7. The van der Waals surface area contributed by atoms with E-state index in [0.717, 1.165) is 0 Å². The molecule has 2 N–H and O–H groups in total. The van der Waals surface area contributed by atoms with Gasteiger partial charge in [0.25, 0.3) is 0 Å². The molecule has 0 aromatic rings. The third-order valence-electron chi connectivity index (χ3n) is 2.50. The lowest BCUT2D eigenvalue weighted by Crippen LogP contribution is -2.53. The van der Waals surface area contributed by atoms with Gasteiger partial charge >= 0.3 is 0 Å². The van der Waals surface area contributed by atoms with Crippen molar-refractivity contribution >= 4 is 5.71 Å². The number of aliphatic hydroxyl groups is 1.